The van der Waals surface area contributed by atoms with Crippen LogP contribution in [0.4, 0.5) is 5.69 Å². The topological polar surface area (TPSA) is 78.4 Å². The minimum atomic E-state index is -0.515. The van der Waals surface area contributed by atoms with Crippen LogP contribution in [0.15, 0.2) is 34.1 Å². The number of pyridine rings is 1. The molecular weight excluding hydrogens is 381 g/mol. The molecule has 0 spiro atoms. The second-order valence-corrected chi connectivity index (χ2v) is 5.59. The maximum Gasteiger partial charge on any atom is 0.271 e. The zero-order valence-electron chi connectivity index (χ0n) is 11.5. The van der Waals surface area contributed by atoms with E-state index in [1.165, 1.54) is 13.3 Å². The quantitative estimate of drug-likeness (QED) is 0.630. The molecule has 0 radical (unpaired) electrons. The Bertz CT molecular complexity index is 832. The number of nitriles is 1. The van der Waals surface area contributed by atoms with E-state index in [0.29, 0.717) is 11.1 Å². The van der Waals surface area contributed by atoms with Gasteiger partial charge in [-0.15, -0.1) is 0 Å². The fraction of sp³-hybridized carbons (Fsp3) is 0.133. The molecule has 0 aliphatic carbocycles. The fourth-order valence-electron chi connectivity index (χ4n) is 1.88. The van der Waals surface area contributed by atoms with Gasteiger partial charge in [0.15, 0.2) is 0 Å². The highest BCUT2D eigenvalue weighted by Gasteiger charge is 2.15. The van der Waals surface area contributed by atoms with Gasteiger partial charge in [-0.3, -0.25) is 14.4 Å². The molecule has 0 fully saturated rings. The lowest BCUT2D eigenvalue weighted by Crippen LogP contribution is -2.22. The standard InChI is InChI=1S/C15H12IN3O2/c1-9-10(7-17)14(20)19(2)15(21)11(9)8-18-13-6-4-3-5-12(13)16/h3-6,8,21H,1-2H3. The molecule has 1 N–H and O–H groups in total. The molecule has 2 aromatic rings. The first kappa shape index (κ1) is 15.3. The van der Waals surface area contributed by atoms with Crippen molar-refractivity contribution in [3.8, 4) is 11.9 Å². The van der Waals surface area contributed by atoms with Crippen LogP contribution in [0.25, 0.3) is 0 Å². The third-order valence-corrected chi connectivity index (χ3v) is 4.07. The predicted octanol–water partition coefficient (Wildman–Crippen LogP) is 2.63. The van der Waals surface area contributed by atoms with E-state index in [2.05, 4.69) is 27.6 Å². The smallest absolute Gasteiger partial charge is 0.271 e. The minimum absolute atomic E-state index is 0.0134. The number of hydrogen-bond acceptors (Lipinski definition) is 4. The summed E-state index contributed by atoms with van der Waals surface area (Å²) < 4.78 is 2.01. The van der Waals surface area contributed by atoms with Gasteiger partial charge < -0.3 is 5.11 Å². The van der Waals surface area contributed by atoms with Crippen molar-refractivity contribution in [1.29, 1.82) is 5.26 Å². The molecule has 0 saturated carbocycles. The van der Waals surface area contributed by atoms with E-state index in [1.54, 1.807) is 6.92 Å². The van der Waals surface area contributed by atoms with Gasteiger partial charge in [0.25, 0.3) is 5.56 Å². The molecule has 5 nitrogen and oxygen atoms in total. The maximum atomic E-state index is 11.9. The Balaban J connectivity index is 2.61. The molecule has 2 rings (SSSR count). The van der Waals surface area contributed by atoms with Crippen LogP contribution < -0.4 is 5.56 Å². The molecule has 0 saturated heterocycles. The van der Waals surface area contributed by atoms with Crippen LogP contribution in [0.2, 0.25) is 0 Å². The van der Waals surface area contributed by atoms with E-state index >= 15 is 0 Å². The average Bonchev–Trinajstić information content (AvgIpc) is 2.47. The zero-order valence-corrected chi connectivity index (χ0v) is 13.6. The second kappa shape index (κ2) is 6.10. The van der Waals surface area contributed by atoms with Gasteiger partial charge >= 0.3 is 0 Å². The van der Waals surface area contributed by atoms with Gasteiger partial charge in [-0.25, -0.2) is 0 Å². The molecule has 1 aromatic heterocycles. The van der Waals surface area contributed by atoms with Crippen LogP contribution in [0.1, 0.15) is 16.7 Å². The molecule has 0 aliphatic rings. The van der Waals surface area contributed by atoms with Crippen LogP contribution in [0, 0.1) is 21.8 Å². The number of nitrogens with zero attached hydrogens (tertiary/aromatic N) is 3. The first-order valence-corrected chi connectivity index (χ1v) is 7.16. The number of hydrogen-bond donors (Lipinski definition) is 1. The minimum Gasteiger partial charge on any atom is -0.494 e. The highest BCUT2D eigenvalue weighted by Crippen LogP contribution is 2.23. The van der Waals surface area contributed by atoms with Crippen molar-refractivity contribution in [3.63, 3.8) is 0 Å². The van der Waals surface area contributed by atoms with E-state index in [1.807, 2.05) is 30.3 Å². The summed E-state index contributed by atoms with van der Waals surface area (Å²) in [7, 11) is 1.42. The summed E-state index contributed by atoms with van der Waals surface area (Å²) in [5, 5.41) is 19.2. The molecule has 1 heterocycles. The Morgan fingerprint density at radius 2 is 2.10 bits per heavy atom. The van der Waals surface area contributed by atoms with Crippen LogP contribution in [-0.4, -0.2) is 15.9 Å². The Hall–Kier alpha value is -2.14. The number of rotatable bonds is 2. The number of para-hydroxylation sites is 1. The summed E-state index contributed by atoms with van der Waals surface area (Å²) in [6, 6.07) is 9.41. The van der Waals surface area contributed by atoms with Crippen molar-refractivity contribution in [2.45, 2.75) is 6.92 Å². The Morgan fingerprint density at radius 3 is 2.71 bits per heavy atom. The molecule has 0 amide bonds. The summed E-state index contributed by atoms with van der Waals surface area (Å²) >= 11 is 2.16. The lowest BCUT2D eigenvalue weighted by molar-refractivity contribution is 0.421. The summed E-state index contributed by atoms with van der Waals surface area (Å²) in [6.07, 6.45) is 1.47. The van der Waals surface area contributed by atoms with Crippen molar-refractivity contribution in [3.05, 3.63) is 54.9 Å². The molecule has 6 heteroatoms. The summed E-state index contributed by atoms with van der Waals surface area (Å²) in [5.74, 6) is -0.203. The number of aliphatic imine (C=N–C) groups is 1. The third-order valence-electron chi connectivity index (χ3n) is 3.15. The summed E-state index contributed by atoms with van der Waals surface area (Å²) in [4.78, 5) is 16.2. The van der Waals surface area contributed by atoms with E-state index in [0.717, 1.165) is 13.8 Å². The van der Waals surface area contributed by atoms with Crippen LogP contribution >= 0.6 is 22.6 Å². The van der Waals surface area contributed by atoms with E-state index in [9.17, 15) is 9.90 Å². The van der Waals surface area contributed by atoms with Gasteiger partial charge in [-0.05, 0) is 47.2 Å². The Kier molecular flexibility index (Phi) is 4.43. The van der Waals surface area contributed by atoms with Gasteiger partial charge in [0.2, 0.25) is 5.88 Å². The van der Waals surface area contributed by atoms with Crippen molar-refractivity contribution < 1.29 is 5.11 Å². The highest BCUT2D eigenvalue weighted by atomic mass is 127. The number of halogens is 1. The van der Waals surface area contributed by atoms with Gasteiger partial charge in [-0.2, -0.15) is 5.26 Å². The predicted molar refractivity (Wildman–Crippen MR) is 89.2 cm³/mol. The van der Waals surface area contributed by atoms with Gasteiger partial charge in [0.05, 0.1) is 11.3 Å². The van der Waals surface area contributed by atoms with E-state index in [4.69, 9.17) is 5.26 Å². The number of aromatic nitrogens is 1. The van der Waals surface area contributed by atoms with Crippen LogP contribution in [0.3, 0.4) is 0 Å². The maximum absolute atomic E-state index is 11.9. The lowest BCUT2D eigenvalue weighted by atomic mass is 10.1. The monoisotopic (exact) mass is 393 g/mol. The van der Waals surface area contributed by atoms with Crippen LogP contribution in [0.5, 0.6) is 5.88 Å². The Labute approximate surface area is 135 Å². The first-order valence-electron chi connectivity index (χ1n) is 6.08. The van der Waals surface area contributed by atoms with Crippen molar-refractivity contribution in [1.82, 2.24) is 4.57 Å². The van der Waals surface area contributed by atoms with Crippen molar-refractivity contribution >= 4 is 34.5 Å². The molecule has 106 valence electrons. The van der Waals surface area contributed by atoms with E-state index < -0.39 is 5.56 Å². The molecular formula is C15H12IN3O2. The van der Waals surface area contributed by atoms with Crippen LogP contribution in [-0.2, 0) is 7.05 Å². The molecule has 1 aromatic carbocycles. The van der Waals surface area contributed by atoms with E-state index in [-0.39, 0.29) is 11.4 Å². The zero-order chi connectivity index (χ0) is 15.6. The fourth-order valence-corrected chi connectivity index (χ4v) is 2.41. The SMILES string of the molecule is Cc1c(C=Nc2ccccc2I)c(O)n(C)c(=O)c1C#N. The molecule has 0 bridgehead atoms. The summed E-state index contributed by atoms with van der Waals surface area (Å²) in [5.41, 5.74) is 1.05. The van der Waals surface area contributed by atoms with Gasteiger partial charge in [0, 0.05) is 16.8 Å². The number of aromatic hydroxyl groups is 1. The Morgan fingerprint density at radius 1 is 1.43 bits per heavy atom. The van der Waals surface area contributed by atoms with Crippen molar-refractivity contribution in [2.75, 3.05) is 0 Å². The van der Waals surface area contributed by atoms with Gasteiger partial charge in [-0.1, -0.05) is 12.1 Å². The number of benzene rings is 1. The average molecular weight is 393 g/mol. The third kappa shape index (κ3) is 2.83. The van der Waals surface area contributed by atoms with Gasteiger partial charge in [0.1, 0.15) is 11.6 Å². The molecule has 21 heavy (non-hydrogen) atoms. The molecule has 0 unspecified atom stereocenters. The normalized spacial score (nSPS) is 10.8. The highest BCUT2D eigenvalue weighted by molar-refractivity contribution is 14.1. The largest absolute Gasteiger partial charge is 0.494 e. The first-order chi connectivity index (χ1) is 9.97. The molecule has 0 aliphatic heterocycles. The lowest BCUT2D eigenvalue weighted by Gasteiger charge is -2.09. The van der Waals surface area contributed by atoms with Crippen molar-refractivity contribution in [2.24, 2.45) is 12.0 Å². The molecule has 0 atom stereocenters. The summed E-state index contributed by atoms with van der Waals surface area (Å²) in [6.45, 7) is 1.62. The second-order valence-electron chi connectivity index (χ2n) is 4.42.